The van der Waals surface area contributed by atoms with Crippen LogP contribution in [0, 0.1) is 0 Å². The molecule has 2 rings (SSSR count). The minimum atomic E-state index is -0.594. The van der Waals surface area contributed by atoms with E-state index >= 15 is 0 Å². The first-order valence-corrected chi connectivity index (χ1v) is 7.31. The lowest BCUT2D eigenvalue weighted by Crippen LogP contribution is -2.37. The van der Waals surface area contributed by atoms with Gasteiger partial charge in [0.25, 0.3) is 0 Å². The zero-order valence-corrected chi connectivity index (χ0v) is 14.2. The molecule has 6 heteroatoms. The second-order valence-electron chi connectivity index (χ2n) is 5.39. The summed E-state index contributed by atoms with van der Waals surface area (Å²) in [6.07, 6.45) is 6.86. The van der Waals surface area contributed by atoms with Gasteiger partial charge >= 0.3 is 0 Å². The van der Waals surface area contributed by atoms with Crippen molar-refractivity contribution in [3.63, 3.8) is 0 Å². The van der Waals surface area contributed by atoms with Gasteiger partial charge in [-0.05, 0) is 39.8 Å². The lowest BCUT2D eigenvalue weighted by atomic mass is 9.94. The summed E-state index contributed by atoms with van der Waals surface area (Å²) in [7, 11) is 3.67. The van der Waals surface area contributed by atoms with E-state index in [-0.39, 0.29) is 36.9 Å². The summed E-state index contributed by atoms with van der Waals surface area (Å²) in [5.41, 5.74) is 0. The molecule has 2 saturated carbocycles. The Hall–Kier alpha value is 0.360. The van der Waals surface area contributed by atoms with Gasteiger partial charge in [-0.2, -0.15) is 0 Å². The van der Waals surface area contributed by atoms with E-state index in [1.54, 1.807) is 0 Å². The van der Waals surface area contributed by atoms with Gasteiger partial charge in [0.05, 0.1) is 0 Å². The molecule has 2 nitrogen and oxygen atoms in total. The van der Waals surface area contributed by atoms with Crippen molar-refractivity contribution in [3.8, 4) is 0 Å². The number of hydrogen-bond acceptors (Lipinski definition) is 2. The summed E-state index contributed by atoms with van der Waals surface area (Å²) < 4.78 is 25.6. The van der Waals surface area contributed by atoms with E-state index in [0.29, 0.717) is 0 Å². The van der Waals surface area contributed by atoms with E-state index in [4.69, 9.17) is 0 Å². The van der Waals surface area contributed by atoms with Gasteiger partial charge in [0.15, 0.2) is 0 Å². The third-order valence-electron chi connectivity index (χ3n) is 4.10. The first-order chi connectivity index (χ1) is 8.69. The third kappa shape index (κ3) is 7.96. The van der Waals surface area contributed by atoms with Crippen molar-refractivity contribution in [2.75, 3.05) is 14.1 Å². The molecule has 4 atom stereocenters. The van der Waals surface area contributed by atoms with Crippen LogP contribution < -0.4 is 10.6 Å². The maximum Gasteiger partial charge on any atom is 0.115 e. The van der Waals surface area contributed by atoms with Crippen molar-refractivity contribution in [1.29, 1.82) is 0 Å². The van der Waals surface area contributed by atoms with Crippen LogP contribution >= 0.6 is 24.8 Å². The van der Waals surface area contributed by atoms with Gasteiger partial charge in [0.1, 0.15) is 12.3 Å². The van der Waals surface area contributed by atoms with Crippen molar-refractivity contribution < 1.29 is 8.78 Å². The molecule has 0 radical (unpaired) electrons. The van der Waals surface area contributed by atoms with Crippen LogP contribution in [0.15, 0.2) is 0 Å². The van der Waals surface area contributed by atoms with Crippen LogP contribution in [-0.2, 0) is 0 Å². The molecular formula is C14H30Cl2F2N2. The van der Waals surface area contributed by atoms with E-state index in [2.05, 4.69) is 10.6 Å². The standard InChI is InChI=1S/2C7H14FN.2ClH/c2*1-9-7-5-3-2-4-6(7)8;;/h2*6-7,9H,2-5H2,1H3;2*1H/t2*6-,7+;;/m10../s1. The molecule has 0 bridgehead atoms. The highest BCUT2D eigenvalue weighted by molar-refractivity contribution is 5.85. The maximum absolute atomic E-state index is 12.8. The van der Waals surface area contributed by atoms with Crippen LogP contribution in [0.25, 0.3) is 0 Å². The first kappa shape index (κ1) is 22.6. The molecule has 0 aliphatic heterocycles. The Balaban J connectivity index is 0. The Morgan fingerprint density at radius 1 is 0.650 bits per heavy atom. The van der Waals surface area contributed by atoms with Crippen LogP contribution in [0.3, 0.4) is 0 Å². The highest BCUT2D eigenvalue weighted by atomic mass is 35.5. The van der Waals surface area contributed by atoms with E-state index in [9.17, 15) is 8.78 Å². The fourth-order valence-corrected chi connectivity index (χ4v) is 2.82. The molecule has 0 heterocycles. The van der Waals surface area contributed by atoms with Crippen molar-refractivity contribution >= 4 is 24.8 Å². The van der Waals surface area contributed by atoms with Gasteiger partial charge in [-0.3, -0.25) is 0 Å². The fraction of sp³-hybridized carbons (Fsp3) is 1.00. The molecule has 20 heavy (non-hydrogen) atoms. The number of hydrogen-bond donors (Lipinski definition) is 2. The highest BCUT2D eigenvalue weighted by Gasteiger charge is 2.22. The van der Waals surface area contributed by atoms with Gasteiger partial charge < -0.3 is 10.6 Å². The van der Waals surface area contributed by atoms with Crippen LogP contribution in [0.5, 0.6) is 0 Å². The van der Waals surface area contributed by atoms with Gasteiger partial charge in [-0.15, -0.1) is 24.8 Å². The van der Waals surface area contributed by atoms with Crippen LogP contribution in [0.4, 0.5) is 8.78 Å². The maximum atomic E-state index is 12.8. The second-order valence-corrected chi connectivity index (χ2v) is 5.39. The highest BCUT2D eigenvalue weighted by Crippen LogP contribution is 2.21. The topological polar surface area (TPSA) is 24.1 Å². The molecule has 124 valence electrons. The zero-order chi connectivity index (χ0) is 13.4. The number of alkyl halides is 2. The monoisotopic (exact) mass is 334 g/mol. The van der Waals surface area contributed by atoms with Crippen molar-refractivity contribution in [1.82, 2.24) is 10.6 Å². The second kappa shape index (κ2) is 13.1. The number of nitrogens with one attached hydrogen (secondary N) is 2. The molecule has 0 aromatic heterocycles. The molecule has 2 aliphatic rings. The summed E-state index contributed by atoms with van der Waals surface area (Å²) in [6, 6.07) is 0.275. The van der Waals surface area contributed by atoms with Gasteiger partial charge in [-0.1, -0.05) is 25.7 Å². The number of halogens is 4. The minimum absolute atomic E-state index is 0. The normalized spacial score (nSPS) is 33.0. The fourth-order valence-electron chi connectivity index (χ4n) is 2.82. The largest absolute Gasteiger partial charge is 0.314 e. The first-order valence-electron chi connectivity index (χ1n) is 7.31. The van der Waals surface area contributed by atoms with Crippen molar-refractivity contribution in [2.24, 2.45) is 0 Å². The number of rotatable bonds is 2. The molecule has 2 N–H and O–H groups in total. The Bertz CT molecular complexity index is 201. The molecule has 0 amide bonds. The molecular weight excluding hydrogens is 305 g/mol. The van der Waals surface area contributed by atoms with E-state index in [1.165, 1.54) is 12.8 Å². The van der Waals surface area contributed by atoms with Crippen LogP contribution in [0.1, 0.15) is 51.4 Å². The van der Waals surface area contributed by atoms with E-state index < -0.39 is 12.3 Å². The van der Waals surface area contributed by atoms with Crippen molar-refractivity contribution in [3.05, 3.63) is 0 Å². The predicted molar refractivity (Wildman–Crippen MR) is 86.9 cm³/mol. The van der Waals surface area contributed by atoms with Gasteiger partial charge in [0.2, 0.25) is 0 Å². The van der Waals surface area contributed by atoms with Gasteiger partial charge in [0, 0.05) is 12.1 Å². The quantitative estimate of drug-likeness (QED) is 0.802. The molecule has 0 unspecified atom stereocenters. The Morgan fingerprint density at radius 3 is 1.15 bits per heavy atom. The summed E-state index contributed by atoms with van der Waals surface area (Å²) >= 11 is 0. The molecule has 0 aromatic rings. The zero-order valence-electron chi connectivity index (χ0n) is 12.5. The van der Waals surface area contributed by atoms with Gasteiger partial charge in [-0.25, -0.2) is 8.78 Å². The molecule has 2 fully saturated rings. The Kier molecular flexibility index (Phi) is 14.8. The Morgan fingerprint density at radius 2 is 0.950 bits per heavy atom. The summed E-state index contributed by atoms with van der Waals surface area (Å²) in [5, 5.41) is 5.96. The lowest BCUT2D eigenvalue weighted by Gasteiger charge is -2.24. The minimum Gasteiger partial charge on any atom is -0.314 e. The van der Waals surface area contributed by atoms with E-state index in [1.807, 2.05) is 14.1 Å². The summed E-state index contributed by atoms with van der Waals surface area (Å²) in [5.74, 6) is 0. The molecule has 0 aromatic carbocycles. The Labute approximate surface area is 134 Å². The van der Waals surface area contributed by atoms with Crippen LogP contribution in [0.2, 0.25) is 0 Å². The SMILES string of the molecule is CN[C@@H]1CCCC[C@@H]1F.CN[C@H]1CCCC[C@H]1F.Cl.Cl. The summed E-state index contributed by atoms with van der Waals surface area (Å²) in [6.45, 7) is 0. The average molecular weight is 335 g/mol. The van der Waals surface area contributed by atoms with E-state index in [0.717, 1.165) is 38.5 Å². The smallest absolute Gasteiger partial charge is 0.115 e. The molecule has 2 aliphatic carbocycles. The molecule has 0 saturated heterocycles. The van der Waals surface area contributed by atoms with Crippen LogP contribution in [-0.4, -0.2) is 38.5 Å². The summed E-state index contributed by atoms with van der Waals surface area (Å²) in [4.78, 5) is 0. The van der Waals surface area contributed by atoms with Crippen molar-refractivity contribution in [2.45, 2.75) is 75.8 Å². The predicted octanol–water partition coefficient (Wildman–Crippen LogP) is 3.82. The average Bonchev–Trinajstić information content (AvgIpc) is 2.41. The molecule has 0 spiro atoms. The lowest BCUT2D eigenvalue weighted by molar-refractivity contribution is 0.196. The third-order valence-corrected chi connectivity index (χ3v) is 4.10.